The summed E-state index contributed by atoms with van der Waals surface area (Å²) in [5.74, 6) is 0.729. The van der Waals surface area contributed by atoms with Gasteiger partial charge in [-0.2, -0.15) is 5.26 Å². The van der Waals surface area contributed by atoms with Gasteiger partial charge in [0.25, 0.3) is 5.56 Å². The van der Waals surface area contributed by atoms with Gasteiger partial charge in [-0.3, -0.25) is 9.36 Å². The Bertz CT molecular complexity index is 976. The van der Waals surface area contributed by atoms with Crippen LogP contribution in [0.2, 0.25) is 0 Å². The molecule has 0 saturated heterocycles. The number of benzene rings is 2. The molecule has 2 aromatic carbocycles. The van der Waals surface area contributed by atoms with Gasteiger partial charge in [-0.1, -0.05) is 30.3 Å². The van der Waals surface area contributed by atoms with Gasteiger partial charge >= 0.3 is 0 Å². The van der Waals surface area contributed by atoms with Crippen molar-refractivity contribution >= 4 is 10.9 Å². The molecule has 1 aliphatic rings. The number of hydrogen-bond acceptors (Lipinski definition) is 3. The third-order valence-electron chi connectivity index (χ3n) is 4.36. The lowest BCUT2D eigenvalue weighted by Crippen LogP contribution is -2.21. The van der Waals surface area contributed by atoms with Crippen LogP contribution in [0.1, 0.15) is 35.4 Å². The third-order valence-corrected chi connectivity index (χ3v) is 4.36. The van der Waals surface area contributed by atoms with E-state index in [9.17, 15) is 10.1 Å². The molecule has 1 saturated carbocycles. The summed E-state index contributed by atoms with van der Waals surface area (Å²) in [4.78, 5) is 17.0. The Kier molecular flexibility index (Phi) is 3.20. The molecule has 0 radical (unpaired) electrons. The number of rotatable bonds is 3. The highest BCUT2D eigenvalue weighted by molar-refractivity contribution is 5.83. The molecule has 4 heteroatoms. The first kappa shape index (κ1) is 13.7. The van der Waals surface area contributed by atoms with Gasteiger partial charge in [-0.05, 0) is 42.0 Å². The Morgan fingerprint density at radius 1 is 1.17 bits per heavy atom. The van der Waals surface area contributed by atoms with Crippen LogP contribution >= 0.6 is 0 Å². The van der Waals surface area contributed by atoms with Crippen molar-refractivity contribution in [2.75, 3.05) is 0 Å². The lowest BCUT2D eigenvalue weighted by Gasteiger charge is -2.08. The fraction of sp³-hybridized carbons (Fsp3) is 0.211. The fourth-order valence-corrected chi connectivity index (χ4v) is 2.91. The molecule has 112 valence electrons. The molecule has 4 rings (SSSR count). The van der Waals surface area contributed by atoms with E-state index in [0.717, 1.165) is 11.5 Å². The highest BCUT2D eigenvalue weighted by Gasteiger charge is 2.22. The molecule has 1 fully saturated rings. The van der Waals surface area contributed by atoms with Crippen LogP contribution in [0, 0.1) is 11.3 Å². The second kappa shape index (κ2) is 5.36. The molecule has 0 spiro atoms. The van der Waals surface area contributed by atoms with Gasteiger partial charge in [0.2, 0.25) is 0 Å². The SMILES string of the molecule is N#Cc1cccc2ncn(Cc3ccc(C4CC4)cc3)c(=O)c12. The molecule has 0 atom stereocenters. The number of fused-ring (bicyclic) bond motifs is 1. The standard InChI is InChI=1S/C19H15N3O/c20-10-16-2-1-3-17-18(16)19(23)22(12-21-17)11-13-4-6-14(7-5-13)15-8-9-15/h1-7,12,15H,8-9,11H2. The van der Waals surface area contributed by atoms with Crippen molar-refractivity contribution < 1.29 is 0 Å². The summed E-state index contributed by atoms with van der Waals surface area (Å²) in [7, 11) is 0. The average Bonchev–Trinajstić information content (AvgIpc) is 3.42. The van der Waals surface area contributed by atoms with E-state index < -0.39 is 0 Å². The van der Waals surface area contributed by atoms with E-state index in [1.54, 1.807) is 29.1 Å². The number of aromatic nitrogens is 2. The second-order valence-electron chi connectivity index (χ2n) is 6.00. The van der Waals surface area contributed by atoms with E-state index in [4.69, 9.17) is 0 Å². The minimum absolute atomic E-state index is 0.168. The van der Waals surface area contributed by atoms with Crippen molar-refractivity contribution in [1.29, 1.82) is 5.26 Å². The van der Waals surface area contributed by atoms with E-state index >= 15 is 0 Å². The van der Waals surface area contributed by atoms with Crippen molar-refractivity contribution in [3.8, 4) is 6.07 Å². The first-order chi connectivity index (χ1) is 11.3. The van der Waals surface area contributed by atoms with Gasteiger partial charge in [0.05, 0.1) is 29.3 Å². The van der Waals surface area contributed by atoms with E-state index in [-0.39, 0.29) is 5.56 Å². The average molecular weight is 301 g/mol. The molecular formula is C19H15N3O. The smallest absolute Gasteiger partial charge is 0.262 e. The lowest BCUT2D eigenvalue weighted by molar-refractivity contribution is 0.747. The topological polar surface area (TPSA) is 58.7 Å². The molecule has 0 N–H and O–H groups in total. The van der Waals surface area contributed by atoms with E-state index in [1.165, 1.54) is 18.4 Å². The molecule has 0 bridgehead atoms. The summed E-state index contributed by atoms with van der Waals surface area (Å²) in [5, 5.41) is 9.60. The van der Waals surface area contributed by atoms with Gasteiger partial charge in [-0.25, -0.2) is 4.98 Å². The molecular weight excluding hydrogens is 286 g/mol. The van der Waals surface area contributed by atoms with E-state index in [0.29, 0.717) is 23.0 Å². The number of nitriles is 1. The summed E-state index contributed by atoms with van der Waals surface area (Å²) in [6.07, 6.45) is 4.12. The maximum atomic E-state index is 12.7. The van der Waals surface area contributed by atoms with Crippen LogP contribution in [-0.2, 0) is 6.54 Å². The van der Waals surface area contributed by atoms with Crippen LogP contribution < -0.4 is 5.56 Å². The first-order valence-electron chi connectivity index (χ1n) is 7.73. The largest absolute Gasteiger partial charge is 0.294 e. The van der Waals surface area contributed by atoms with Crippen molar-refractivity contribution in [1.82, 2.24) is 9.55 Å². The van der Waals surface area contributed by atoms with Gasteiger partial charge < -0.3 is 0 Å². The predicted molar refractivity (Wildman–Crippen MR) is 88.2 cm³/mol. The van der Waals surface area contributed by atoms with Crippen LogP contribution in [0.15, 0.2) is 53.6 Å². The van der Waals surface area contributed by atoms with Crippen molar-refractivity contribution in [2.45, 2.75) is 25.3 Å². The highest BCUT2D eigenvalue weighted by atomic mass is 16.1. The quantitative estimate of drug-likeness (QED) is 0.746. The Morgan fingerprint density at radius 3 is 2.65 bits per heavy atom. The van der Waals surface area contributed by atoms with Gasteiger partial charge in [0.1, 0.15) is 6.07 Å². The Balaban J connectivity index is 1.72. The summed E-state index contributed by atoms with van der Waals surface area (Å²) < 4.78 is 1.56. The molecule has 1 aliphatic carbocycles. The normalized spacial score (nSPS) is 13.9. The predicted octanol–water partition coefficient (Wildman–Crippen LogP) is 3.19. The number of hydrogen-bond donors (Lipinski definition) is 0. The molecule has 0 aliphatic heterocycles. The van der Waals surface area contributed by atoms with Gasteiger partial charge in [-0.15, -0.1) is 0 Å². The minimum atomic E-state index is -0.168. The fourth-order valence-electron chi connectivity index (χ4n) is 2.91. The van der Waals surface area contributed by atoms with Crippen LogP contribution in [0.4, 0.5) is 0 Å². The zero-order valence-electron chi connectivity index (χ0n) is 12.6. The minimum Gasteiger partial charge on any atom is -0.294 e. The van der Waals surface area contributed by atoms with E-state index in [1.807, 2.05) is 0 Å². The van der Waals surface area contributed by atoms with Crippen LogP contribution in [0.5, 0.6) is 0 Å². The Labute approximate surface area is 133 Å². The van der Waals surface area contributed by atoms with Crippen molar-refractivity contribution in [3.05, 3.63) is 75.8 Å². The maximum Gasteiger partial charge on any atom is 0.262 e. The van der Waals surface area contributed by atoms with Crippen LogP contribution in [0.25, 0.3) is 10.9 Å². The van der Waals surface area contributed by atoms with Crippen molar-refractivity contribution in [3.63, 3.8) is 0 Å². The zero-order valence-corrected chi connectivity index (χ0v) is 12.6. The maximum absolute atomic E-state index is 12.7. The summed E-state index contributed by atoms with van der Waals surface area (Å²) in [5.41, 5.74) is 3.21. The zero-order chi connectivity index (χ0) is 15.8. The number of nitrogens with zero attached hydrogens (tertiary/aromatic N) is 3. The van der Waals surface area contributed by atoms with Crippen molar-refractivity contribution in [2.24, 2.45) is 0 Å². The molecule has 1 aromatic heterocycles. The second-order valence-corrected chi connectivity index (χ2v) is 6.00. The molecule has 3 aromatic rings. The lowest BCUT2D eigenvalue weighted by atomic mass is 10.1. The summed E-state index contributed by atoms with van der Waals surface area (Å²) in [6.45, 7) is 0.465. The molecule has 1 heterocycles. The Hall–Kier alpha value is -2.93. The molecule has 4 nitrogen and oxygen atoms in total. The molecule has 23 heavy (non-hydrogen) atoms. The highest BCUT2D eigenvalue weighted by Crippen LogP contribution is 2.39. The molecule has 0 amide bonds. The Morgan fingerprint density at radius 2 is 1.96 bits per heavy atom. The van der Waals surface area contributed by atoms with Crippen LogP contribution in [0.3, 0.4) is 0 Å². The van der Waals surface area contributed by atoms with Crippen LogP contribution in [-0.4, -0.2) is 9.55 Å². The summed E-state index contributed by atoms with van der Waals surface area (Å²) >= 11 is 0. The molecule has 0 unspecified atom stereocenters. The van der Waals surface area contributed by atoms with Gasteiger partial charge in [0, 0.05) is 0 Å². The third kappa shape index (κ3) is 2.51. The first-order valence-corrected chi connectivity index (χ1v) is 7.73. The van der Waals surface area contributed by atoms with Gasteiger partial charge in [0.15, 0.2) is 0 Å². The summed E-state index contributed by atoms with van der Waals surface area (Å²) in [6, 6.07) is 15.7. The van der Waals surface area contributed by atoms with E-state index in [2.05, 4.69) is 35.3 Å². The monoisotopic (exact) mass is 301 g/mol.